The highest BCUT2D eigenvalue weighted by Crippen LogP contribution is 2.54. The van der Waals surface area contributed by atoms with Crippen LogP contribution in [0, 0.1) is 27.3 Å². The summed E-state index contributed by atoms with van der Waals surface area (Å²) in [5.74, 6) is 0.579. The lowest BCUT2D eigenvalue weighted by atomic mass is 9.59. The zero-order chi connectivity index (χ0) is 57.9. The molecule has 22 nitrogen and oxygen atoms in total. The summed E-state index contributed by atoms with van der Waals surface area (Å²) in [5.41, 5.74) is 5.31. The van der Waals surface area contributed by atoms with Gasteiger partial charge in [-0.25, -0.2) is 14.1 Å². The fraction of sp³-hybridized carbons (Fsp3) is 0.500. The molecule has 1 spiro atoms. The van der Waals surface area contributed by atoms with Gasteiger partial charge in [0.2, 0.25) is 11.8 Å². The number of rotatable bonds is 14. The molecule has 24 heteroatoms. The van der Waals surface area contributed by atoms with Crippen LogP contribution in [0.5, 0.6) is 17.5 Å². The van der Waals surface area contributed by atoms with Gasteiger partial charge in [-0.3, -0.25) is 24.7 Å². The average Bonchev–Trinajstić information content (AvgIpc) is 2.20. The number of sulfonamides is 1. The normalized spacial score (nSPS) is 21.5. The maximum atomic E-state index is 15.2. The number of benzene rings is 2. The first-order valence-electron chi connectivity index (χ1n) is 29.3. The van der Waals surface area contributed by atoms with E-state index in [-0.39, 0.29) is 77.2 Å². The first-order valence-corrected chi connectivity index (χ1v) is 30.8. The van der Waals surface area contributed by atoms with E-state index < -0.39 is 37.4 Å². The van der Waals surface area contributed by atoms with Crippen molar-refractivity contribution < 1.29 is 46.2 Å². The van der Waals surface area contributed by atoms with Gasteiger partial charge in [0.05, 0.1) is 60.5 Å². The summed E-state index contributed by atoms with van der Waals surface area (Å²) in [7, 11) is -3.13. The molecule has 4 aromatic heterocycles. The van der Waals surface area contributed by atoms with E-state index in [4.69, 9.17) is 28.7 Å². The van der Waals surface area contributed by atoms with E-state index in [1.807, 2.05) is 18.3 Å². The van der Waals surface area contributed by atoms with E-state index in [2.05, 4.69) is 88.8 Å². The molecule has 5 fully saturated rings. The number of hydrogen-bond donors (Lipinski definition) is 3. The van der Waals surface area contributed by atoms with Gasteiger partial charge in [-0.05, 0) is 103 Å². The van der Waals surface area contributed by atoms with Crippen molar-refractivity contribution in [2.45, 2.75) is 88.0 Å². The molecule has 0 unspecified atom stereocenters. The zero-order valence-electron chi connectivity index (χ0n) is 47.6. The summed E-state index contributed by atoms with van der Waals surface area (Å²) in [6.45, 7) is 14.1. The number of carbonyl (C=O) groups is 1. The number of ether oxygens (including phenoxy) is 5. The van der Waals surface area contributed by atoms with Crippen molar-refractivity contribution in [3.8, 4) is 17.5 Å². The lowest BCUT2D eigenvalue weighted by Crippen LogP contribution is -2.60. The Morgan fingerprint density at radius 3 is 2.46 bits per heavy atom. The van der Waals surface area contributed by atoms with Gasteiger partial charge < -0.3 is 48.7 Å². The minimum atomic E-state index is -4.84. The summed E-state index contributed by atoms with van der Waals surface area (Å²) >= 11 is 0. The Morgan fingerprint density at radius 1 is 0.905 bits per heavy atom. The second-order valence-electron chi connectivity index (χ2n) is 23.7. The standard InChI is InChI=1S/C60H71FN12O10S/c1-37(2)42-6-4-5-7-43(42)51-35-68(34-38-26-52(79-3)56(63-32-38)70-18-23-81-24-19-70)16-17-71(51)41-30-60(31-41)12-14-69(15-13-60)40-8-9-44(48(27-40)72-20-25-82-58-50(72)28-45-46(61)33-62-55(45)66-58)57(74)67-84(77,78)53-29-49(73(75)76)54-59(65-53)83-36-47(64-54)39-10-21-80-22-11-39/h4-9,26-29,32-33,37,39,41,47,51,64H,10-25,30-31,34-36H2,1-3H3,(H,62,66)(H,67,74)/t47-,51-/m0/s1. The second-order valence-corrected chi connectivity index (χ2v) is 25.3. The summed E-state index contributed by atoms with van der Waals surface area (Å²) < 4.78 is 74.7. The molecule has 3 N–H and O–H groups in total. The number of fused-ring (bicyclic) bond motifs is 3. The molecule has 1 saturated carbocycles. The van der Waals surface area contributed by atoms with Crippen LogP contribution in [0.3, 0.4) is 0 Å². The number of hydrogen-bond acceptors (Lipinski definition) is 19. The van der Waals surface area contributed by atoms with Crippen molar-refractivity contribution in [1.82, 2.24) is 34.5 Å². The van der Waals surface area contributed by atoms with E-state index in [1.54, 1.807) is 24.1 Å². The summed E-state index contributed by atoms with van der Waals surface area (Å²) in [6.07, 6.45) is 8.79. The third-order valence-corrected chi connectivity index (χ3v) is 19.6. The number of nitrogens with one attached hydrogen (secondary N) is 3. The molecule has 84 heavy (non-hydrogen) atoms. The first kappa shape index (κ1) is 55.8. The molecule has 0 radical (unpaired) electrons. The number of halogens is 1. The number of piperazine rings is 1. The van der Waals surface area contributed by atoms with Crippen molar-refractivity contribution in [3.63, 3.8) is 0 Å². The maximum absolute atomic E-state index is 15.2. The summed E-state index contributed by atoms with van der Waals surface area (Å²) in [5, 5.41) is 15.2. The van der Waals surface area contributed by atoms with E-state index in [9.17, 15) is 23.3 Å². The Kier molecular flexibility index (Phi) is 15.2. The van der Waals surface area contributed by atoms with Gasteiger partial charge in [-0.1, -0.05) is 38.1 Å². The van der Waals surface area contributed by atoms with Gasteiger partial charge >= 0.3 is 5.69 Å². The Bertz CT molecular complexity index is 3580. The van der Waals surface area contributed by atoms with Crippen LogP contribution >= 0.6 is 0 Å². The Hall–Kier alpha value is -7.38. The van der Waals surface area contributed by atoms with Gasteiger partial charge in [0, 0.05) is 95.7 Å². The highest BCUT2D eigenvalue weighted by molar-refractivity contribution is 7.90. The van der Waals surface area contributed by atoms with Gasteiger partial charge in [0.1, 0.15) is 30.4 Å². The first-order chi connectivity index (χ1) is 40.7. The molecular formula is C60H71FN12O10S. The lowest BCUT2D eigenvalue weighted by molar-refractivity contribution is -0.384. The fourth-order valence-corrected chi connectivity index (χ4v) is 14.8. The van der Waals surface area contributed by atoms with E-state index >= 15 is 4.39 Å². The number of aromatic nitrogens is 4. The average molecular weight is 1170 g/mol. The smallest absolute Gasteiger partial charge is 0.300 e. The molecule has 6 aliphatic heterocycles. The number of piperidine rings is 1. The highest BCUT2D eigenvalue weighted by atomic mass is 32.2. The molecule has 444 valence electrons. The van der Waals surface area contributed by atoms with E-state index in [0.29, 0.717) is 49.8 Å². The summed E-state index contributed by atoms with van der Waals surface area (Å²) in [4.78, 5) is 54.6. The molecule has 1 amide bonds. The number of morpholine rings is 1. The number of amides is 1. The number of pyridine rings is 3. The quantitative estimate of drug-likeness (QED) is 0.0694. The summed E-state index contributed by atoms with van der Waals surface area (Å²) in [6, 6.07) is 19.2. The van der Waals surface area contributed by atoms with Crippen LogP contribution in [0.25, 0.3) is 11.0 Å². The second kappa shape index (κ2) is 22.9. The predicted molar refractivity (Wildman–Crippen MR) is 313 cm³/mol. The zero-order valence-corrected chi connectivity index (χ0v) is 48.4. The van der Waals surface area contributed by atoms with Gasteiger partial charge in [0.15, 0.2) is 22.3 Å². The Morgan fingerprint density at radius 2 is 1.69 bits per heavy atom. The third kappa shape index (κ3) is 10.8. The molecule has 4 saturated heterocycles. The van der Waals surface area contributed by atoms with Crippen LogP contribution in [0.2, 0.25) is 0 Å². The van der Waals surface area contributed by atoms with Gasteiger partial charge in [0.25, 0.3) is 15.9 Å². The Balaban J connectivity index is 0.734. The number of H-pyrrole nitrogens is 1. The van der Waals surface area contributed by atoms with Crippen molar-refractivity contribution >= 4 is 61.2 Å². The van der Waals surface area contributed by atoms with Crippen molar-refractivity contribution in [2.75, 3.05) is 119 Å². The molecule has 13 rings (SSSR count). The minimum absolute atomic E-state index is 0.0171. The van der Waals surface area contributed by atoms with Crippen molar-refractivity contribution in [3.05, 3.63) is 111 Å². The Labute approximate surface area is 487 Å². The number of aromatic amines is 1. The van der Waals surface area contributed by atoms with E-state index in [0.717, 1.165) is 120 Å². The molecular weight excluding hydrogens is 1100 g/mol. The molecule has 6 aromatic rings. The van der Waals surface area contributed by atoms with Gasteiger partial charge in [-0.2, -0.15) is 18.4 Å². The molecule has 7 aliphatic rings. The maximum Gasteiger partial charge on any atom is 0.300 e. The molecule has 1 aliphatic carbocycles. The third-order valence-electron chi connectivity index (χ3n) is 18.4. The largest absolute Gasteiger partial charge is 0.493 e. The lowest BCUT2D eigenvalue weighted by Gasteiger charge is -2.58. The highest BCUT2D eigenvalue weighted by Gasteiger charge is 2.50. The van der Waals surface area contributed by atoms with Gasteiger partial charge in [-0.15, -0.1) is 0 Å². The van der Waals surface area contributed by atoms with Crippen LogP contribution in [-0.4, -0.2) is 160 Å². The van der Waals surface area contributed by atoms with E-state index in [1.165, 1.54) is 17.3 Å². The number of methoxy groups -OCH3 is 1. The topological polar surface area (TPSA) is 235 Å². The monoisotopic (exact) mass is 1170 g/mol. The van der Waals surface area contributed by atoms with Crippen molar-refractivity contribution in [1.29, 1.82) is 0 Å². The minimum Gasteiger partial charge on any atom is -0.493 e. The fourth-order valence-electron chi connectivity index (χ4n) is 13.9. The van der Waals surface area contributed by atoms with Crippen molar-refractivity contribution in [2.24, 2.45) is 11.3 Å². The number of anilines is 5. The van der Waals surface area contributed by atoms with Crippen LogP contribution in [-0.2, 0) is 26.0 Å². The molecule has 0 bridgehead atoms. The van der Waals surface area contributed by atoms with Crippen LogP contribution in [0.1, 0.15) is 91.4 Å². The van der Waals surface area contributed by atoms with Crippen LogP contribution < -0.4 is 38.9 Å². The molecule has 2 atom stereocenters. The predicted octanol–water partition coefficient (Wildman–Crippen LogP) is 7.93. The molecule has 10 heterocycles. The number of carbonyl (C=O) groups excluding carboxylic acids is 1. The number of nitrogens with zero attached hydrogens (tertiary/aromatic N) is 9. The number of nitro groups is 1. The van der Waals surface area contributed by atoms with Crippen LogP contribution in [0.4, 0.5) is 38.6 Å². The van der Waals surface area contributed by atoms with Crippen LogP contribution in [0.15, 0.2) is 78.1 Å². The SMILES string of the molecule is COc1cc(CN2CCN(C3CC4(CCN(c5ccc(C(=O)NS(=O)(=O)c6cc([N+](=O)[O-])c7c(n6)OC[C@@H](C6CCOCC6)N7)c(N6CCOc7nc8[nH]cc(F)c8cc76)c5)CC4)C3)[C@H](c3ccccc3C(C)C)C2)cnc1N1CCOCC1. The molecule has 2 aromatic carbocycles.